The van der Waals surface area contributed by atoms with Gasteiger partial charge in [0.05, 0.1) is 6.61 Å². The number of thiophene rings is 1. The second kappa shape index (κ2) is 8.64. The zero-order valence-corrected chi connectivity index (χ0v) is 12.8. The third-order valence-electron chi connectivity index (χ3n) is 2.90. The minimum atomic E-state index is 0.427. The van der Waals surface area contributed by atoms with Crippen LogP contribution in [0.1, 0.15) is 18.7 Å². The Labute approximate surface area is 115 Å². The molecule has 0 aliphatic carbocycles. The van der Waals surface area contributed by atoms with Crippen LogP contribution in [0.2, 0.25) is 0 Å². The highest BCUT2D eigenvalue weighted by molar-refractivity contribution is 7.09. The monoisotopic (exact) mass is 270 g/mol. The number of hydrogen-bond acceptors (Lipinski definition) is 4. The molecular formula is C14H26N2OS. The normalized spacial score (nSPS) is 13.4. The maximum absolute atomic E-state index is 5.32. The van der Waals surface area contributed by atoms with Gasteiger partial charge in [0, 0.05) is 31.1 Å². The summed E-state index contributed by atoms with van der Waals surface area (Å²) in [6.07, 6.45) is 0. The maximum atomic E-state index is 5.32. The van der Waals surface area contributed by atoms with Gasteiger partial charge in [-0.15, -0.1) is 11.3 Å². The lowest BCUT2D eigenvalue weighted by Gasteiger charge is -2.27. The second-order valence-corrected chi connectivity index (χ2v) is 6.19. The third kappa shape index (κ3) is 5.96. The zero-order valence-electron chi connectivity index (χ0n) is 12.0. The van der Waals surface area contributed by atoms with E-state index in [1.54, 1.807) is 7.11 Å². The number of likely N-dealkylation sites (N-methyl/N-ethyl adjacent to an activating group) is 1. The van der Waals surface area contributed by atoms with Gasteiger partial charge in [-0.2, -0.15) is 0 Å². The van der Waals surface area contributed by atoms with Crippen molar-refractivity contribution in [3.63, 3.8) is 0 Å². The molecule has 1 heterocycles. The van der Waals surface area contributed by atoms with E-state index in [4.69, 9.17) is 4.74 Å². The van der Waals surface area contributed by atoms with Gasteiger partial charge in [0.2, 0.25) is 0 Å². The number of nitrogens with one attached hydrogen (secondary N) is 1. The molecule has 0 bridgehead atoms. The lowest BCUT2D eigenvalue weighted by molar-refractivity contribution is 0.101. The molecule has 0 radical (unpaired) electrons. The van der Waals surface area contributed by atoms with E-state index in [0.717, 1.165) is 26.2 Å². The first-order chi connectivity index (χ1) is 8.63. The van der Waals surface area contributed by atoms with Crippen LogP contribution >= 0.6 is 11.3 Å². The van der Waals surface area contributed by atoms with Crippen LogP contribution in [0.5, 0.6) is 0 Å². The molecular weight excluding hydrogens is 244 g/mol. The molecule has 0 amide bonds. The summed E-state index contributed by atoms with van der Waals surface area (Å²) in [5.74, 6) is 0.691. The molecule has 0 spiro atoms. The van der Waals surface area contributed by atoms with Crippen LogP contribution in [-0.2, 0) is 11.3 Å². The summed E-state index contributed by atoms with van der Waals surface area (Å²) in [7, 11) is 3.94. The van der Waals surface area contributed by atoms with Crippen molar-refractivity contribution in [3.05, 3.63) is 22.4 Å². The lowest BCUT2D eigenvalue weighted by Crippen LogP contribution is -2.43. The van der Waals surface area contributed by atoms with Crippen LogP contribution in [0.4, 0.5) is 0 Å². The quantitative estimate of drug-likeness (QED) is 0.746. The average molecular weight is 270 g/mol. The predicted molar refractivity (Wildman–Crippen MR) is 79.2 cm³/mol. The van der Waals surface area contributed by atoms with Crippen LogP contribution in [-0.4, -0.2) is 44.8 Å². The van der Waals surface area contributed by atoms with Gasteiger partial charge in [0.1, 0.15) is 0 Å². The fraction of sp³-hybridized carbons (Fsp3) is 0.714. The molecule has 4 heteroatoms. The van der Waals surface area contributed by atoms with E-state index in [9.17, 15) is 0 Å². The Morgan fingerprint density at radius 1 is 1.39 bits per heavy atom. The molecule has 1 rings (SSSR count). The molecule has 0 aliphatic heterocycles. The van der Waals surface area contributed by atoms with Crippen LogP contribution in [0.15, 0.2) is 17.5 Å². The molecule has 0 fully saturated rings. The Hall–Kier alpha value is -0.420. The Morgan fingerprint density at radius 2 is 2.17 bits per heavy atom. The zero-order chi connectivity index (χ0) is 13.4. The van der Waals surface area contributed by atoms with Crippen molar-refractivity contribution in [1.29, 1.82) is 0 Å². The first-order valence-electron chi connectivity index (χ1n) is 6.55. The lowest BCUT2D eigenvalue weighted by atomic mass is 10.2. The van der Waals surface area contributed by atoms with Crippen LogP contribution in [0.25, 0.3) is 0 Å². The number of hydrogen-bond donors (Lipinski definition) is 1. The highest BCUT2D eigenvalue weighted by atomic mass is 32.1. The summed E-state index contributed by atoms with van der Waals surface area (Å²) in [4.78, 5) is 3.77. The number of nitrogens with zero attached hydrogens (tertiary/aromatic N) is 1. The van der Waals surface area contributed by atoms with Gasteiger partial charge >= 0.3 is 0 Å². The van der Waals surface area contributed by atoms with Crippen LogP contribution < -0.4 is 5.32 Å². The van der Waals surface area contributed by atoms with Crippen molar-refractivity contribution in [2.24, 2.45) is 5.92 Å². The molecule has 0 aromatic carbocycles. The Morgan fingerprint density at radius 3 is 2.72 bits per heavy atom. The van der Waals surface area contributed by atoms with Crippen molar-refractivity contribution >= 4 is 11.3 Å². The third-order valence-corrected chi connectivity index (χ3v) is 3.76. The fourth-order valence-corrected chi connectivity index (χ4v) is 2.62. The van der Waals surface area contributed by atoms with Gasteiger partial charge in [-0.3, -0.25) is 4.90 Å². The van der Waals surface area contributed by atoms with Gasteiger partial charge in [0.15, 0.2) is 0 Å². The molecule has 0 aliphatic rings. The van der Waals surface area contributed by atoms with Crippen molar-refractivity contribution in [2.75, 3.05) is 33.9 Å². The minimum Gasteiger partial charge on any atom is -0.383 e. The number of rotatable bonds is 9. The largest absolute Gasteiger partial charge is 0.383 e. The summed E-state index contributed by atoms with van der Waals surface area (Å²) in [6, 6.07) is 4.72. The highest BCUT2D eigenvalue weighted by Crippen LogP contribution is 2.12. The Kier molecular flexibility index (Phi) is 7.51. The van der Waals surface area contributed by atoms with Crippen molar-refractivity contribution < 1.29 is 4.74 Å². The molecule has 0 saturated heterocycles. The van der Waals surface area contributed by atoms with Crippen molar-refractivity contribution in [1.82, 2.24) is 10.2 Å². The molecule has 1 aromatic rings. The minimum absolute atomic E-state index is 0.427. The average Bonchev–Trinajstić information content (AvgIpc) is 2.80. The van der Waals surface area contributed by atoms with Crippen molar-refractivity contribution in [2.45, 2.75) is 26.4 Å². The molecule has 1 aromatic heterocycles. The van der Waals surface area contributed by atoms with E-state index in [1.807, 2.05) is 11.3 Å². The van der Waals surface area contributed by atoms with Gasteiger partial charge in [-0.05, 0) is 31.0 Å². The molecule has 3 nitrogen and oxygen atoms in total. The highest BCUT2D eigenvalue weighted by Gasteiger charge is 2.15. The predicted octanol–water partition coefficient (Wildman–Crippen LogP) is 2.44. The van der Waals surface area contributed by atoms with Gasteiger partial charge in [0.25, 0.3) is 0 Å². The van der Waals surface area contributed by atoms with E-state index in [1.165, 1.54) is 4.88 Å². The first kappa shape index (κ1) is 15.6. The van der Waals surface area contributed by atoms with E-state index in [0.29, 0.717) is 12.0 Å². The summed E-state index contributed by atoms with van der Waals surface area (Å²) >= 11 is 1.81. The summed E-state index contributed by atoms with van der Waals surface area (Å²) in [6.45, 7) is 8.27. The smallest absolute Gasteiger partial charge is 0.0630 e. The molecule has 1 N–H and O–H groups in total. The fourth-order valence-electron chi connectivity index (χ4n) is 1.85. The van der Waals surface area contributed by atoms with Crippen LogP contribution in [0.3, 0.4) is 0 Å². The first-order valence-corrected chi connectivity index (χ1v) is 7.43. The molecule has 0 saturated carbocycles. The van der Waals surface area contributed by atoms with Gasteiger partial charge in [-0.25, -0.2) is 0 Å². The van der Waals surface area contributed by atoms with Gasteiger partial charge < -0.3 is 10.1 Å². The van der Waals surface area contributed by atoms with E-state index in [2.05, 4.69) is 48.6 Å². The van der Waals surface area contributed by atoms with Gasteiger partial charge in [-0.1, -0.05) is 19.9 Å². The van der Waals surface area contributed by atoms with E-state index in [-0.39, 0.29) is 0 Å². The Balaban J connectivity index is 2.39. The van der Waals surface area contributed by atoms with Crippen LogP contribution in [0, 0.1) is 5.92 Å². The molecule has 1 atom stereocenters. The summed E-state index contributed by atoms with van der Waals surface area (Å²) < 4.78 is 5.32. The number of ether oxygens (including phenoxy) is 1. The Bertz CT molecular complexity index is 301. The standard InChI is InChI=1S/C14H26N2OS/c1-12(2)8-15-9-13(11-17-4)16(3)10-14-6-5-7-18-14/h5-7,12-13,15H,8-11H2,1-4H3. The second-order valence-electron chi connectivity index (χ2n) is 5.16. The summed E-state index contributed by atoms with van der Waals surface area (Å²) in [5.41, 5.74) is 0. The SMILES string of the molecule is COCC(CNCC(C)C)N(C)Cc1cccs1. The molecule has 104 valence electrons. The van der Waals surface area contributed by atoms with E-state index < -0.39 is 0 Å². The maximum Gasteiger partial charge on any atom is 0.0630 e. The number of methoxy groups -OCH3 is 1. The summed E-state index contributed by atoms with van der Waals surface area (Å²) in [5, 5.41) is 5.64. The topological polar surface area (TPSA) is 24.5 Å². The molecule has 18 heavy (non-hydrogen) atoms. The van der Waals surface area contributed by atoms with Crippen molar-refractivity contribution in [3.8, 4) is 0 Å². The van der Waals surface area contributed by atoms with E-state index >= 15 is 0 Å². The molecule has 1 unspecified atom stereocenters.